The molecule has 0 radical (unpaired) electrons. The smallest absolute Gasteiger partial charge is 0.416 e. The molecule has 1 atom stereocenters. The van der Waals surface area contributed by atoms with Gasteiger partial charge in [0.2, 0.25) is 5.91 Å². The van der Waals surface area contributed by atoms with E-state index >= 15 is 0 Å². The van der Waals surface area contributed by atoms with Crippen LogP contribution in [-0.4, -0.2) is 29.6 Å². The maximum Gasteiger partial charge on any atom is 0.416 e. The topological polar surface area (TPSA) is 92.9 Å². The number of rotatable bonds is 6. The summed E-state index contributed by atoms with van der Waals surface area (Å²) in [6.45, 7) is -0.358. The normalized spacial score (nSPS) is 14.7. The fourth-order valence-electron chi connectivity index (χ4n) is 3.42. The number of carboxylic acid groups (broad SMARTS) is 1. The van der Waals surface area contributed by atoms with Crippen molar-refractivity contribution in [1.82, 2.24) is 0 Å². The van der Waals surface area contributed by atoms with E-state index in [0.717, 1.165) is 6.07 Å². The third-order valence-corrected chi connectivity index (χ3v) is 5.10. The van der Waals surface area contributed by atoms with E-state index in [-0.39, 0.29) is 18.4 Å². The Bertz CT molecular complexity index is 1070. The monoisotopic (exact) mass is 476 g/mol. The second-order valence-corrected chi connectivity index (χ2v) is 7.39. The van der Waals surface area contributed by atoms with Gasteiger partial charge in [-0.15, -0.1) is 0 Å². The van der Waals surface area contributed by atoms with E-state index in [0.29, 0.717) is 23.7 Å². The van der Waals surface area contributed by atoms with Crippen molar-refractivity contribution in [2.75, 3.05) is 11.4 Å². The molecule has 0 saturated heterocycles. The number of carbonyl (C=O) groups is 2. The van der Waals surface area contributed by atoms with Crippen LogP contribution in [0.4, 0.5) is 32.0 Å². The summed E-state index contributed by atoms with van der Waals surface area (Å²) in [6, 6.07) is 4.39. The van der Waals surface area contributed by atoms with Crippen LogP contribution in [0.25, 0.3) is 0 Å². The van der Waals surface area contributed by atoms with Gasteiger partial charge >= 0.3 is 18.3 Å². The Morgan fingerprint density at radius 1 is 1.06 bits per heavy atom. The first-order valence-electron chi connectivity index (χ1n) is 9.59. The van der Waals surface area contributed by atoms with Crippen LogP contribution >= 0.6 is 0 Å². The predicted octanol–water partition coefficient (Wildman–Crippen LogP) is 3.99. The molecule has 0 saturated carbocycles. The van der Waals surface area contributed by atoms with E-state index in [1.54, 1.807) is 0 Å². The molecule has 0 aliphatic carbocycles. The lowest BCUT2D eigenvalue weighted by Gasteiger charge is -2.19. The van der Waals surface area contributed by atoms with Gasteiger partial charge in [-0.3, -0.25) is 9.59 Å². The maximum absolute atomic E-state index is 13.3. The Labute approximate surface area is 183 Å². The third kappa shape index (κ3) is 5.56. The summed E-state index contributed by atoms with van der Waals surface area (Å²) in [4.78, 5) is 24.5. The van der Waals surface area contributed by atoms with Crippen LogP contribution in [0.3, 0.4) is 0 Å². The number of carbonyl (C=O) groups excluding carboxylic acids is 1. The highest BCUT2D eigenvalue weighted by molar-refractivity contribution is 5.97. The second-order valence-electron chi connectivity index (χ2n) is 7.39. The number of amides is 1. The van der Waals surface area contributed by atoms with Crippen molar-refractivity contribution in [3.05, 3.63) is 58.7 Å². The molecule has 0 spiro atoms. The summed E-state index contributed by atoms with van der Waals surface area (Å²) in [5, 5.41) is 8.84. The molecule has 1 amide bonds. The van der Waals surface area contributed by atoms with Gasteiger partial charge in [-0.05, 0) is 42.3 Å². The summed E-state index contributed by atoms with van der Waals surface area (Å²) < 4.78 is 83.6. The van der Waals surface area contributed by atoms with Crippen LogP contribution in [0.15, 0.2) is 36.4 Å². The van der Waals surface area contributed by atoms with Gasteiger partial charge in [0.1, 0.15) is 18.4 Å². The number of hydrogen-bond acceptors (Lipinski definition) is 4. The standard InChI is InChI=1S/C21H18F6N2O4/c22-20(23,24)13-2-1-12(15(8-13)21(25,26)27)10-33-14-3-4-17-11(7-14)5-6-29(17)18(30)9-16(28)19(31)32/h1-4,7-8,16H,5-6,9-10,28H2,(H,31,32)/t16-/m1/s1. The lowest BCUT2D eigenvalue weighted by Crippen LogP contribution is -2.38. The summed E-state index contributed by atoms with van der Waals surface area (Å²) in [5.74, 6) is -1.64. The fraction of sp³-hybridized carbons (Fsp3) is 0.333. The molecular formula is C21H18F6N2O4. The average Bonchev–Trinajstić information content (AvgIpc) is 3.14. The first-order chi connectivity index (χ1) is 15.3. The Morgan fingerprint density at radius 3 is 2.36 bits per heavy atom. The van der Waals surface area contributed by atoms with Gasteiger partial charge in [-0.25, -0.2) is 0 Å². The molecule has 0 bridgehead atoms. The molecule has 3 N–H and O–H groups in total. The molecule has 178 valence electrons. The quantitative estimate of drug-likeness (QED) is 0.615. The van der Waals surface area contributed by atoms with Gasteiger partial charge in [0.05, 0.1) is 17.5 Å². The van der Waals surface area contributed by atoms with Gasteiger partial charge < -0.3 is 20.5 Å². The zero-order valence-corrected chi connectivity index (χ0v) is 16.8. The lowest BCUT2D eigenvalue weighted by atomic mass is 10.0. The fourth-order valence-corrected chi connectivity index (χ4v) is 3.42. The first kappa shape index (κ1) is 24.4. The highest BCUT2D eigenvalue weighted by Crippen LogP contribution is 2.38. The summed E-state index contributed by atoms with van der Waals surface area (Å²) in [5.41, 5.74) is 3.22. The first-order valence-corrected chi connectivity index (χ1v) is 9.59. The van der Waals surface area contributed by atoms with Crippen molar-refractivity contribution in [3.63, 3.8) is 0 Å². The van der Waals surface area contributed by atoms with Crippen LogP contribution in [-0.2, 0) is 35.0 Å². The number of fused-ring (bicyclic) bond motifs is 1. The summed E-state index contributed by atoms with van der Waals surface area (Å²) in [6.07, 6.45) is -9.93. The number of hydrogen-bond donors (Lipinski definition) is 2. The Hall–Kier alpha value is -3.28. The zero-order valence-electron chi connectivity index (χ0n) is 16.8. The number of alkyl halides is 6. The number of ether oxygens (including phenoxy) is 1. The molecule has 6 nitrogen and oxygen atoms in total. The molecule has 0 unspecified atom stereocenters. The molecule has 1 aliphatic heterocycles. The molecule has 33 heavy (non-hydrogen) atoms. The number of halogens is 6. The van der Waals surface area contributed by atoms with Crippen molar-refractivity contribution in [2.45, 2.75) is 37.8 Å². The molecule has 1 aliphatic rings. The van der Waals surface area contributed by atoms with Gasteiger partial charge in [0.15, 0.2) is 0 Å². The number of anilines is 1. The van der Waals surface area contributed by atoms with Crippen LogP contribution in [0.5, 0.6) is 5.75 Å². The molecule has 3 rings (SSSR count). The minimum absolute atomic E-state index is 0.0483. The maximum atomic E-state index is 13.3. The summed E-state index contributed by atoms with van der Waals surface area (Å²) >= 11 is 0. The SMILES string of the molecule is N[C@H](CC(=O)N1CCc2cc(OCc3ccc(C(F)(F)F)cc3C(F)(F)F)ccc21)C(=O)O. The van der Waals surface area contributed by atoms with E-state index in [9.17, 15) is 35.9 Å². The lowest BCUT2D eigenvalue weighted by molar-refractivity contribution is -0.144. The van der Waals surface area contributed by atoms with E-state index < -0.39 is 60.0 Å². The van der Waals surface area contributed by atoms with Gasteiger partial charge in [0.25, 0.3) is 0 Å². The zero-order chi connectivity index (χ0) is 24.6. The van der Waals surface area contributed by atoms with Crippen molar-refractivity contribution in [2.24, 2.45) is 5.73 Å². The minimum Gasteiger partial charge on any atom is -0.489 e. The Balaban J connectivity index is 1.75. The van der Waals surface area contributed by atoms with E-state index in [1.165, 1.54) is 23.1 Å². The van der Waals surface area contributed by atoms with Crippen molar-refractivity contribution in [3.8, 4) is 5.75 Å². The van der Waals surface area contributed by atoms with E-state index in [2.05, 4.69) is 0 Å². The second kappa shape index (κ2) is 8.93. The largest absolute Gasteiger partial charge is 0.489 e. The van der Waals surface area contributed by atoms with Crippen LogP contribution in [0.2, 0.25) is 0 Å². The Kier molecular flexibility index (Phi) is 6.59. The Morgan fingerprint density at radius 2 is 1.76 bits per heavy atom. The third-order valence-electron chi connectivity index (χ3n) is 5.10. The highest BCUT2D eigenvalue weighted by atomic mass is 19.4. The van der Waals surface area contributed by atoms with Crippen molar-refractivity contribution < 1.29 is 45.8 Å². The van der Waals surface area contributed by atoms with Crippen LogP contribution < -0.4 is 15.4 Å². The van der Waals surface area contributed by atoms with Crippen LogP contribution in [0, 0.1) is 0 Å². The molecule has 0 fully saturated rings. The van der Waals surface area contributed by atoms with Gasteiger partial charge in [0, 0.05) is 17.8 Å². The van der Waals surface area contributed by atoms with E-state index in [1.807, 2.05) is 0 Å². The molecule has 2 aromatic carbocycles. The molecule has 0 aromatic heterocycles. The number of aliphatic carboxylic acids is 1. The van der Waals surface area contributed by atoms with Gasteiger partial charge in [-0.2, -0.15) is 26.3 Å². The number of nitrogens with two attached hydrogens (primary N) is 1. The number of nitrogens with zero attached hydrogens (tertiary/aromatic N) is 1. The molecular weight excluding hydrogens is 458 g/mol. The summed E-state index contributed by atoms with van der Waals surface area (Å²) in [7, 11) is 0. The number of benzene rings is 2. The van der Waals surface area contributed by atoms with Gasteiger partial charge in [-0.1, -0.05) is 6.07 Å². The van der Waals surface area contributed by atoms with Crippen molar-refractivity contribution in [1.29, 1.82) is 0 Å². The number of carboxylic acids is 1. The predicted molar refractivity (Wildman–Crippen MR) is 104 cm³/mol. The molecule has 2 aromatic rings. The van der Waals surface area contributed by atoms with E-state index in [4.69, 9.17) is 15.6 Å². The average molecular weight is 476 g/mol. The molecule has 12 heteroatoms. The highest BCUT2D eigenvalue weighted by Gasteiger charge is 2.38. The minimum atomic E-state index is -5.00. The van der Waals surface area contributed by atoms with Crippen LogP contribution in [0.1, 0.15) is 28.7 Å². The molecule has 1 heterocycles. The van der Waals surface area contributed by atoms with Crippen molar-refractivity contribution >= 4 is 17.6 Å².